The Morgan fingerprint density at radius 3 is 2.33 bits per heavy atom. The lowest BCUT2D eigenvalue weighted by Gasteiger charge is -2.13. The van der Waals surface area contributed by atoms with Crippen LogP contribution in [0.5, 0.6) is 0 Å². The van der Waals surface area contributed by atoms with Crippen LogP contribution in [-0.2, 0) is 14.3 Å². The molecular weight excluding hydrogens is 250 g/mol. The van der Waals surface area contributed by atoms with Crippen LogP contribution in [0, 0.1) is 5.41 Å². The van der Waals surface area contributed by atoms with Crippen molar-refractivity contribution in [1.82, 2.24) is 0 Å². The van der Waals surface area contributed by atoms with Gasteiger partial charge in [0.2, 0.25) is 5.91 Å². The van der Waals surface area contributed by atoms with Gasteiger partial charge in [0.25, 0.3) is 0 Å². The van der Waals surface area contributed by atoms with E-state index in [-0.39, 0.29) is 5.91 Å². The maximum atomic E-state index is 12.0. The van der Waals surface area contributed by atoms with Gasteiger partial charge in [-0.1, -0.05) is 0 Å². The van der Waals surface area contributed by atoms with Gasteiger partial charge in [-0.2, -0.15) is 0 Å². The molecule has 2 rings (SSSR count). The fourth-order valence-corrected chi connectivity index (χ4v) is 2.18. The summed E-state index contributed by atoms with van der Waals surface area (Å²) >= 11 is 1.64. The highest BCUT2D eigenvalue weighted by molar-refractivity contribution is 7.98. The molecular formula is C13H15NO3S. The lowest BCUT2D eigenvalue weighted by molar-refractivity contribution is -0.150. The Hall–Kier alpha value is -1.49. The van der Waals surface area contributed by atoms with Crippen molar-refractivity contribution in [2.45, 2.75) is 17.7 Å². The summed E-state index contributed by atoms with van der Waals surface area (Å²) in [5.74, 6) is -0.716. The van der Waals surface area contributed by atoms with E-state index in [4.69, 9.17) is 0 Å². The number of nitrogens with one attached hydrogen (secondary N) is 1. The van der Waals surface area contributed by atoms with Gasteiger partial charge >= 0.3 is 5.97 Å². The van der Waals surface area contributed by atoms with Crippen molar-refractivity contribution in [3.8, 4) is 0 Å². The molecule has 1 aliphatic rings. The van der Waals surface area contributed by atoms with Gasteiger partial charge in [-0.3, -0.25) is 9.59 Å². The van der Waals surface area contributed by atoms with Gasteiger partial charge in [0.1, 0.15) is 5.41 Å². The van der Waals surface area contributed by atoms with E-state index in [1.54, 1.807) is 11.8 Å². The monoisotopic (exact) mass is 265 g/mol. The molecule has 0 radical (unpaired) electrons. The Morgan fingerprint density at radius 1 is 1.28 bits per heavy atom. The molecule has 0 spiro atoms. The Morgan fingerprint density at radius 2 is 1.89 bits per heavy atom. The maximum absolute atomic E-state index is 12.0. The second-order valence-corrected chi connectivity index (χ2v) is 5.14. The minimum atomic E-state index is -0.951. The molecule has 0 bridgehead atoms. The lowest BCUT2D eigenvalue weighted by atomic mass is 10.1. The van der Waals surface area contributed by atoms with Crippen molar-refractivity contribution in [1.29, 1.82) is 0 Å². The molecule has 0 atom stereocenters. The van der Waals surface area contributed by atoms with E-state index in [1.807, 2.05) is 30.5 Å². The van der Waals surface area contributed by atoms with Gasteiger partial charge in [-0.25, -0.2) is 0 Å². The zero-order valence-corrected chi connectivity index (χ0v) is 11.2. The largest absolute Gasteiger partial charge is 0.468 e. The fourth-order valence-electron chi connectivity index (χ4n) is 1.77. The number of hydrogen-bond donors (Lipinski definition) is 1. The molecule has 1 amide bonds. The first-order valence-electron chi connectivity index (χ1n) is 5.66. The van der Waals surface area contributed by atoms with Crippen molar-refractivity contribution in [3.05, 3.63) is 24.3 Å². The number of rotatable bonds is 4. The number of benzene rings is 1. The Bertz CT molecular complexity index is 466. The summed E-state index contributed by atoms with van der Waals surface area (Å²) in [4.78, 5) is 24.7. The second kappa shape index (κ2) is 5.02. The Labute approximate surface area is 110 Å². The van der Waals surface area contributed by atoms with Crippen LogP contribution in [0.15, 0.2) is 29.2 Å². The minimum absolute atomic E-state index is 0.272. The van der Waals surface area contributed by atoms with E-state index in [0.29, 0.717) is 18.5 Å². The van der Waals surface area contributed by atoms with Crippen molar-refractivity contribution < 1.29 is 14.3 Å². The van der Waals surface area contributed by atoms with Crippen LogP contribution in [0.1, 0.15) is 12.8 Å². The molecule has 0 heterocycles. The summed E-state index contributed by atoms with van der Waals surface area (Å²) in [6.45, 7) is 0. The Balaban J connectivity index is 2.05. The number of esters is 1. The van der Waals surface area contributed by atoms with Gasteiger partial charge in [0.15, 0.2) is 0 Å². The Kier molecular flexibility index (Phi) is 3.61. The number of anilines is 1. The van der Waals surface area contributed by atoms with Gasteiger partial charge in [0, 0.05) is 10.6 Å². The van der Waals surface area contributed by atoms with Crippen LogP contribution >= 0.6 is 11.8 Å². The lowest BCUT2D eigenvalue weighted by Crippen LogP contribution is -2.32. The van der Waals surface area contributed by atoms with Crippen molar-refractivity contribution >= 4 is 29.3 Å². The summed E-state index contributed by atoms with van der Waals surface area (Å²) in [6, 6.07) is 7.52. The number of methoxy groups -OCH3 is 1. The summed E-state index contributed by atoms with van der Waals surface area (Å²) in [6.07, 6.45) is 3.12. The normalized spacial score (nSPS) is 15.9. The summed E-state index contributed by atoms with van der Waals surface area (Å²) < 4.78 is 4.67. The van der Waals surface area contributed by atoms with Gasteiger partial charge < -0.3 is 10.1 Å². The zero-order chi connectivity index (χ0) is 13.2. The van der Waals surface area contributed by atoms with E-state index >= 15 is 0 Å². The first-order chi connectivity index (χ1) is 8.62. The van der Waals surface area contributed by atoms with Gasteiger partial charge in [-0.15, -0.1) is 11.8 Å². The molecule has 0 aliphatic heterocycles. The summed E-state index contributed by atoms with van der Waals surface area (Å²) in [7, 11) is 1.31. The van der Waals surface area contributed by atoms with Crippen LogP contribution in [0.25, 0.3) is 0 Å². The highest BCUT2D eigenvalue weighted by Gasteiger charge is 2.57. The average molecular weight is 265 g/mol. The molecule has 1 N–H and O–H groups in total. The molecule has 0 saturated heterocycles. The van der Waals surface area contributed by atoms with Gasteiger partial charge in [-0.05, 0) is 43.4 Å². The first kappa shape index (κ1) is 13.0. The molecule has 18 heavy (non-hydrogen) atoms. The molecule has 0 unspecified atom stereocenters. The SMILES string of the molecule is COC(=O)C1(C(=O)Nc2ccc(SC)cc2)CC1. The molecule has 4 nitrogen and oxygen atoms in total. The third-order valence-corrected chi connectivity index (χ3v) is 3.85. The molecule has 1 saturated carbocycles. The molecule has 1 fully saturated rings. The predicted octanol–water partition coefficient (Wildman–Crippen LogP) is 2.30. The molecule has 1 aromatic rings. The summed E-state index contributed by atoms with van der Waals surface area (Å²) in [5, 5.41) is 2.76. The number of thioether (sulfide) groups is 1. The summed E-state index contributed by atoms with van der Waals surface area (Å²) in [5.41, 5.74) is -0.250. The second-order valence-electron chi connectivity index (χ2n) is 4.26. The van der Waals surface area contributed by atoms with Crippen LogP contribution in [0.3, 0.4) is 0 Å². The molecule has 0 aromatic heterocycles. The smallest absolute Gasteiger partial charge is 0.321 e. The van der Waals surface area contributed by atoms with E-state index < -0.39 is 11.4 Å². The zero-order valence-electron chi connectivity index (χ0n) is 10.4. The standard InChI is InChI=1S/C13H15NO3S/c1-17-12(16)13(7-8-13)11(15)14-9-3-5-10(18-2)6-4-9/h3-6H,7-8H2,1-2H3,(H,14,15). The van der Waals surface area contributed by atoms with Gasteiger partial charge in [0.05, 0.1) is 7.11 Å². The van der Waals surface area contributed by atoms with Crippen LogP contribution < -0.4 is 5.32 Å². The number of ether oxygens (including phenoxy) is 1. The number of hydrogen-bond acceptors (Lipinski definition) is 4. The van der Waals surface area contributed by atoms with Crippen molar-refractivity contribution in [2.24, 2.45) is 5.41 Å². The van der Waals surface area contributed by atoms with E-state index in [1.165, 1.54) is 7.11 Å². The highest BCUT2D eigenvalue weighted by atomic mass is 32.2. The number of carbonyl (C=O) groups excluding carboxylic acids is 2. The highest BCUT2D eigenvalue weighted by Crippen LogP contribution is 2.47. The van der Waals surface area contributed by atoms with Crippen LogP contribution in [-0.4, -0.2) is 25.2 Å². The topological polar surface area (TPSA) is 55.4 Å². The van der Waals surface area contributed by atoms with E-state index in [2.05, 4.69) is 10.1 Å². The van der Waals surface area contributed by atoms with Crippen molar-refractivity contribution in [2.75, 3.05) is 18.7 Å². The molecule has 5 heteroatoms. The third-order valence-electron chi connectivity index (χ3n) is 3.11. The predicted molar refractivity (Wildman–Crippen MR) is 70.5 cm³/mol. The number of carbonyl (C=O) groups is 2. The van der Waals surface area contributed by atoms with E-state index in [0.717, 1.165) is 4.90 Å². The van der Waals surface area contributed by atoms with Crippen LogP contribution in [0.4, 0.5) is 5.69 Å². The average Bonchev–Trinajstić information content (AvgIpc) is 3.20. The molecule has 1 aliphatic carbocycles. The fraction of sp³-hybridized carbons (Fsp3) is 0.385. The molecule has 1 aromatic carbocycles. The van der Waals surface area contributed by atoms with Crippen molar-refractivity contribution in [3.63, 3.8) is 0 Å². The van der Waals surface area contributed by atoms with E-state index in [9.17, 15) is 9.59 Å². The minimum Gasteiger partial charge on any atom is -0.468 e. The maximum Gasteiger partial charge on any atom is 0.321 e. The van der Waals surface area contributed by atoms with Crippen LogP contribution in [0.2, 0.25) is 0 Å². The molecule has 96 valence electrons. The number of amides is 1. The quantitative estimate of drug-likeness (QED) is 0.515. The third kappa shape index (κ3) is 2.36. The first-order valence-corrected chi connectivity index (χ1v) is 6.89.